The lowest BCUT2D eigenvalue weighted by Crippen LogP contribution is -2.41. The minimum absolute atomic E-state index is 0.0231. The number of amides is 1. The Morgan fingerprint density at radius 2 is 2.00 bits per heavy atom. The summed E-state index contributed by atoms with van der Waals surface area (Å²) in [5, 5.41) is 0.585. The number of hydrogen-bond donors (Lipinski definition) is 0. The largest absolute Gasteiger partial charge is 0.490 e. The van der Waals surface area contributed by atoms with Gasteiger partial charge in [0.1, 0.15) is 12.3 Å². The molecule has 0 atom stereocenters. The van der Waals surface area contributed by atoms with Gasteiger partial charge in [0.15, 0.2) is 16.6 Å². The molecule has 1 aliphatic carbocycles. The summed E-state index contributed by atoms with van der Waals surface area (Å²) in [6.45, 7) is 2.59. The van der Waals surface area contributed by atoms with Gasteiger partial charge in [-0.25, -0.2) is 0 Å². The van der Waals surface area contributed by atoms with Crippen molar-refractivity contribution < 1.29 is 14.3 Å². The van der Waals surface area contributed by atoms with Crippen LogP contribution in [0.4, 0.5) is 0 Å². The van der Waals surface area contributed by atoms with Crippen molar-refractivity contribution in [3.63, 3.8) is 0 Å². The van der Waals surface area contributed by atoms with Crippen molar-refractivity contribution in [2.45, 2.75) is 45.1 Å². The Morgan fingerprint density at radius 3 is 2.68 bits per heavy atom. The van der Waals surface area contributed by atoms with E-state index in [0.717, 1.165) is 31.2 Å². The Labute approximate surface area is 172 Å². The molecule has 0 bridgehead atoms. The highest BCUT2D eigenvalue weighted by Crippen LogP contribution is 2.33. The molecule has 2 aliphatic rings. The van der Waals surface area contributed by atoms with Gasteiger partial charge in [0.2, 0.25) is 0 Å². The number of thiocarbonyl (C=S) groups is 1. The van der Waals surface area contributed by atoms with Crippen LogP contribution in [-0.4, -0.2) is 47.1 Å². The van der Waals surface area contributed by atoms with Gasteiger partial charge in [-0.1, -0.05) is 31.2 Å². The van der Waals surface area contributed by atoms with E-state index < -0.39 is 0 Å². The van der Waals surface area contributed by atoms with Crippen molar-refractivity contribution in [1.82, 2.24) is 9.80 Å². The van der Waals surface area contributed by atoms with Crippen LogP contribution in [0, 0.1) is 12.3 Å². The van der Waals surface area contributed by atoms with Crippen molar-refractivity contribution in [3.05, 3.63) is 29.5 Å². The standard InChI is InChI=1S/C22H26N2O3S/c1-4-13-27-19-12-11-16(15-20(19)26-5-2)14-18-21(25)24(22(28)23(18)3)17-9-7-6-8-10-17/h1,11-12,14-15,17H,5-10,13H2,2-3H3. The van der Waals surface area contributed by atoms with Crippen molar-refractivity contribution >= 4 is 29.3 Å². The maximum Gasteiger partial charge on any atom is 0.277 e. The molecule has 148 valence electrons. The molecule has 1 aliphatic heterocycles. The van der Waals surface area contributed by atoms with E-state index in [1.165, 1.54) is 6.42 Å². The van der Waals surface area contributed by atoms with Crippen molar-refractivity contribution in [3.8, 4) is 23.8 Å². The van der Waals surface area contributed by atoms with E-state index in [2.05, 4.69) is 5.92 Å². The smallest absolute Gasteiger partial charge is 0.277 e. The second-order valence-electron chi connectivity index (χ2n) is 6.97. The van der Waals surface area contributed by atoms with Gasteiger partial charge in [-0.2, -0.15) is 0 Å². The molecule has 0 radical (unpaired) electrons. The van der Waals surface area contributed by atoms with Crippen molar-refractivity contribution in [1.29, 1.82) is 0 Å². The summed E-state index contributed by atoms with van der Waals surface area (Å²) in [6.07, 6.45) is 12.7. The average Bonchev–Trinajstić information content (AvgIpc) is 2.91. The molecular weight excluding hydrogens is 372 g/mol. The SMILES string of the molecule is C#CCOc1ccc(C=C2C(=O)N(C3CCCCC3)C(=S)N2C)cc1OCC. The second-order valence-corrected chi connectivity index (χ2v) is 7.34. The highest BCUT2D eigenvalue weighted by Gasteiger charge is 2.40. The topological polar surface area (TPSA) is 42.0 Å². The third-order valence-corrected chi connectivity index (χ3v) is 5.58. The van der Waals surface area contributed by atoms with Gasteiger partial charge in [-0.15, -0.1) is 6.42 Å². The summed E-state index contributed by atoms with van der Waals surface area (Å²) < 4.78 is 11.2. The number of nitrogens with zero attached hydrogens (tertiary/aromatic N) is 2. The summed E-state index contributed by atoms with van der Waals surface area (Å²) >= 11 is 5.58. The molecule has 0 spiro atoms. The predicted octanol–water partition coefficient (Wildman–Crippen LogP) is 3.83. The molecule has 0 unspecified atom stereocenters. The molecule has 0 N–H and O–H groups in total. The number of likely N-dealkylation sites (N-methyl/N-ethyl adjacent to an activating group) is 1. The van der Waals surface area contributed by atoms with Crippen LogP contribution >= 0.6 is 12.2 Å². The van der Waals surface area contributed by atoms with E-state index >= 15 is 0 Å². The highest BCUT2D eigenvalue weighted by atomic mass is 32.1. The molecule has 1 amide bonds. The molecule has 3 rings (SSSR count). The summed E-state index contributed by atoms with van der Waals surface area (Å²) in [5.74, 6) is 3.62. The van der Waals surface area contributed by atoms with Crippen LogP contribution in [0.5, 0.6) is 11.5 Å². The molecule has 2 fully saturated rings. The number of terminal acetylenes is 1. The Morgan fingerprint density at radius 1 is 1.25 bits per heavy atom. The summed E-state index contributed by atoms with van der Waals surface area (Å²) in [5.41, 5.74) is 1.43. The van der Waals surface area contributed by atoms with Gasteiger partial charge in [0.25, 0.3) is 5.91 Å². The fourth-order valence-electron chi connectivity index (χ4n) is 3.72. The van der Waals surface area contributed by atoms with Gasteiger partial charge in [-0.05, 0) is 55.8 Å². The first-order valence-corrected chi connectivity index (χ1v) is 10.1. The zero-order chi connectivity index (χ0) is 20.1. The van der Waals surface area contributed by atoms with Crippen LogP contribution in [0.2, 0.25) is 0 Å². The van der Waals surface area contributed by atoms with Crippen LogP contribution < -0.4 is 9.47 Å². The molecule has 28 heavy (non-hydrogen) atoms. The van der Waals surface area contributed by atoms with E-state index in [4.69, 9.17) is 28.1 Å². The lowest BCUT2D eigenvalue weighted by atomic mass is 9.94. The third-order valence-electron chi connectivity index (χ3n) is 5.11. The lowest BCUT2D eigenvalue weighted by molar-refractivity contribution is -0.124. The first-order valence-electron chi connectivity index (χ1n) is 9.72. The minimum atomic E-state index is -0.0231. The fraction of sp³-hybridized carbons (Fsp3) is 0.455. The molecule has 1 saturated heterocycles. The van der Waals surface area contributed by atoms with Gasteiger partial charge >= 0.3 is 0 Å². The Balaban J connectivity index is 1.87. The first-order chi connectivity index (χ1) is 13.6. The molecule has 5 nitrogen and oxygen atoms in total. The zero-order valence-corrected chi connectivity index (χ0v) is 17.3. The fourth-order valence-corrected chi connectivity index (χ4v) is 4.05. The van der Waals surface area contributed by atoms with Crippen molar-refractivity contribution in [2.24, 2.45) is 0 Å². The molecule has 1 aromatic rings. The Bertz CT molecular complexity index is 822. The Kier molecular flexibility index (Phi) is 6.58. The van der Waals surface area contributed by atoms with Crippen LogP contribution in [0.1, 0.15) is 44.6 Å². The van der Waals surface area contributed by atoms with Crippen molar-refractivity contribution in [2.75, 3.05) is 20.3 Å². The van der Waals surface area contributed by atoms with E-state index in [1.807, 2.05) is 38.2 Å². The van der Waals surface area contributed by atoms with Gasteiger partial charge in [-0.3, -0.25) is 9.69 Å². The van der Waals surface area contributed by atoms with E-state index in [1.54, 1.807) is 9.80 Å². The number of benzene rings is 1. The first kappa shape index (κ1) is 20.2. The molecule has 1 heterocycles. The highest BCUT2D eigenvalue weighted by molar-refractivity contribution is 7.80. The van der Waals surface area contributed by atoms with Crippen LogP contribution in [0.25, 0.3) is 6.08 Å². The molecule has 6 heteroatoms. The average molecular weight is 399 g/mol. The summed E-state index contributed by atoms with van der Waals surface area (Å²) in [4.78, 5) is 16.7. The lowest BCUT2D eigenvalue weighted by Gasteiger charge is -2.30. The third kappa shape index (κ3) is 4.15. The summed E-state index contributed by atoms with van der Waals surface area (Å²) in [7, 11) is 1.85. The predicted molar refractivity (Wildman–Crippen MR) is 114 cm³/mol. The minimum Gasteiger partial charge on any atom is -0.490 e. The number of rotatable bonds is 6. The molecule has 0 aromatic heterocycles. The van der Waals surface area contributed by atoms with E-state index in [0.29, 0.717) is 28.9 Å². The number of carbonyl (C=O) groups is 1. The maximum atomic E-state index is 13.1. The van der Waals surface area contributed by atoms with E-state index in [9.17, 15) is 4.79 Å². The van der Waals surface area contributed by atoms with Crippen LogP contribution in [-0.2, 0) is 4.79 Å². The number of hydrogen-bond acceptors (Lipinski definition) is 4. The Hall–Kier alpha value is -2.52. The van der Waals surface area contributed by atoms with Gasteiger partial charge in [0.05, 0.1) is 6.61 Å². The second kappa shape index (κ2) is 9.11. The van der Waals surface area contributed by atoms with Gasteiger partial charge in [0, 0.05) is 13.1 Å². The quantitative estimate of drug-likeness (QED) is 0.414. The molecule has 1 aromatic carbocycles. The van der Waals surface area contributed by atoms with Gasteiger partial charge < -0.3 is 14.4 Å². The molecule has 1 saturated carbocycles. The monoisotopic (exact) mass is 398 g/mol. The molecular formula is C22H26N2O3S. The summed E-state index contributed by atoms with van der Waals surface area (Å²) in [6, 6.07) is 5.76. The normalized spacial score (nSPS) is 19.2. The van der Waals surface area contributed by atoms with Crippen LogP contribution in [0.15, 0.2) is 23.9 Å². The van der Waals surface area contributed by atoms with E-state index in [-0.39, 0.29) is 18.6 Å². The maximum absolute atomic E-state index is 13.1. The number of carbonyl (C=O) groups excluding carboxylic acids is 1. The zero-order valence-electron chi connectivity index (χ0n) is 16.4. The number of ether oxygens (including phenoxy) is 2. The van der Waals surface area contributed by atoms with Crippen LogP contribution in [0.3, 0.4) is 0 Å².